The fraction of sp³-hybridized carbons (Fsp3) is 0.0247. The Hall–Kier alpha value is -11.3. The van der Waals surface area contributed by atoms with Crippen LogP contribution in [0.2, 0.25) is 0 Å². The number of furan rings is 1. The summed E-state index contributed by atoms with van der Waals surface area (Å²) in [6.07, 6.45) is 0. The van der Waals surface area contributed by atoms with Gasteiger partial charge in [-0.25, -0.2) is 15.0 Å². The van der Waals surface area contributed by atoms with E-state index >= 15 is 0 Å². The molecule has 0 bridgehead atoms. The quantitative estimate of drug-likeness (QED) is 0.145. The van der Waals surface area contributed by atoms with Gasteiger partial charge in [-0.3, -0.25) is 0 Å². The molecule has 3 aromatic heterocycles. The third-order valence-electron chi connectivity index (χ3n) is 17.7. The smallest absolute Gasteiger partial charge is 0.165 e. The number of allylic oxidation sites excluding steroid dienone is 4. The van der Waals surface area contributed by atoms with Gasteiger partial charge in [-0.15, -0.1) is 0 Å². The molecule has 0 spiro atoms. The van der Waals surface area contributed by atoms with E-state index in [1.807, 2.05) is 36.4 Å². The van der Waals surface area contributed by atoms with Gasteiger partial charge in [0.2, 0.25) is 0 Å². The van der Waals surface area contributed by atoms with E-state index in [1.165, 1.54) is 60.9 Å². The highest BCUT2D eigenvalue weighted by molar-refractivity contribution is 6.26. The second-order valence-electron chi connectivity index (χ2n) is 22.5. The largest absolute Gasteiger partial charge is 0.456 e. The average molecular weight is 1100 g/mol. The molecular weight excluding hydrogens is 1040 g/mol. The highest BCUT2D eigenvalue weighted by Gasteiger charge is 2.46. The van der Waals surface area contributed by atoms with Crippen LogP contribution in [-0.4, -0.2) is 19.5 Å². The Balaban J connectivity index is 0.929. The van der Waals surface area contributed by atoms with Gasteiger partial charge in [0.15, 0.2) is 17.5 Å². The van der Waals surface area contributed by atoms with Crippen LogP contribution in [0, 0.1) is 0 Å². The Kier molecular flexibility index (Phi) is 11.6. The molecule has 0 fully saturated rings. The summed E-state index contributed by atoms with van der Waals surface area (Å²) in [6, 6.07) is 109. The first-order valence-electron chi connectivity index (χ1n) is 29.5. The number of hydrogen-bond donors (Lipinski definition) is 0. The number of fused-ring (bicyclic) bond motifs is 12. The van der Waals surface area contributed by atoms with Crippen molar-refractivity contribution in [1.82, 2.24) is 19.5 Å². The lowest BCUT2D eigenvalue weighted by Crippen LogP contribution is -2.26. The predicted molar refractivity (Wildman–Crippen MR) is 354 cm³/mol. The highest BCUT2D eigenvalue weighted by atomic mass is 16.3. The van der Waals surface area contributed by atoms with E-state index < -0.39 is 0 Å². The third kappa shape index (κ3) is 8.12. The average Bonchev–Trinajstić information content (AvgIpc) is 0.854. The highest BCUT2D eigenvalue weighted by Crippen LogP contribution is 2.64. The zero-order valence-corrected chi connectivity index (χ0v) is 46.7. The molecule has 2 aliphatic carbocycles. The van der Waals surface area contributed by atoms with Gasteiger partial charge in [-0.05, 0) is 126 Å². The topological polar surface area (TPSA) is 56.7 Å². The fourth-order valence-electron chi connectivity index (χ4n) is 13.9. The molecule has 86 heavy (non-hydrogen) atoms. The van der Waals surface area contributed by atoms with Crippen molar-refractivity contribution in [3.63, 3.8) is 0 Å². The van der Waals surface area contributed by atoms with Gasteiger partial charge in [-0.2, -0.15) is 0 Å². The van der Waals surface area contributed by atoms with Crippen molar-refractivity contribution in [3.8, 4) is 61.8 Å². The molecular formula is C81H52N4O. The van der Waals surface area contributed by atoms with E-state index in [0.717, 1.165) is 83.2 Å². The molecule has 0 radical (unpaired) electrons. The zero-order chi connectivity index (χ0) is 56.7. The van der Waals surface area contributed by atoms with Crippen LogP contribution >= 0.6 is 0 Å². The minimum absolute atomic E-state index is 0.117. The minimum Gasteiger partial charge on any atom is -0.456 e. The van der Waals surface area contributed by atoms with E-state index in [4.69, 9.17) is 19.4 Å². The number of aromatic nitrogens is 4. The van der Waals surface area contributed by atoms with E-state index in [-0.39, 0.29) is 11.8 Å². The van der Waals surface area contributed by atoms with Gasteiger partial charge < -0.3 is 8.98 Å². The van der Waals surface area contributed by atoms with Gasteiger partial charge in [0.25, 0.3) is 0 Å². The third-order valence-corrected chi connectivity index (χ3v) is 17.7. The number of rotatable bonds is 9. The van der Waals surface area contributed by atoms with E-state index in [9.17, 15) is 0 Å². The van der Waals surface area contributed by atoms with E-state index in [1.54, 1.807) is 0 Å². The molecule has 5 nitrogen and oxygen atoms in total. The van der Waals surface area contributed by atoms with Gasteiger partial charge in [-0.1, -0.05) is 249 Å². The standard InChI is InChI=1S/C81H52N4O/c1-7-23-51(24-8-1)57-40-45-69-67(47-57)68-48-58(52-25-9-2-10-26-52)41-46-70(68)85(69)60-42-44-64-63-43-39-59(49-71(63)86-72(64)50-60)75-73(53-27-11-3-12-28-53)76-65-37-21-19-35-61(65)62-36-20-22-38-66(62)77(76)74(54-29-13-4-14-30-54)78(75)81-83-79(55-31-15-5-16-32-55)82-80(84-81)56-33-17-6-18-34-56/h1-50,76-77H. The van der Waals surface area contributed by atoms with Crippen LogP contribution in [-0.2, 0) is 0 Å². The van der Waals surface area contributed by atoms with Crippen LogP contribution in [0.15, 0.2) is 308 Å². The first kappa shape index (κ1) is 49.3. The van der Waals surface area contributed by atoms with Gasteiger partial charge in [0.05, 0.1) is 11.0 Å². The number of benzene rings is 12. The molecule has 0 N–H and O–H groups in total. The van der Waals surface area contributed by atoms with Crippen molar-refractivity contribution in [2.45, 2.75) is 11.8 Å². The molecule has 2 unspecified atom stereocenters. The lowest BCUT2D eigenvalue weighted by Gasteiger charge is -2.44. The molecule has 5 heteroatoms. The Morgan fingerprint density at radius 3 is 1.14 bits per heavy atom. The minimum atomic E-state index is -0.140. The van der Waals surface area contributed by atoms with Crippen LogP contribution in [0.25, 0.3) is 128 Å². The monoisotopic (exact) mass is 1100 g/mol. The van der Waals surface area contributed by atoms with Crippen molar-refractivity contribution >= 4 is 66.0 Å². The summed E-state index contributed by atoms with van der Waals surface area (Å²) in [5.41, 5.74) is 24.0. The summed E-state index contributed by atoms with van der Waals surface area (Å²) in [5, 5.41) is 4.47. The predicted octanol–water partition coefficient (Wildman–Crippen LogP) is 20.6. The summed E-state index contributed by atoms with van der Waals surface area (Å²) in [6.45, 7) is 0. The second-order valence-corrected chi connectivity index (χ2v) is 22.5. The van der Waals surface area contributed by atoms with Crippen molar-refractivity contribution in [2.75, 3.05) is 0 Å². The molecule has 3 heterocycles. The maximum atomic E-state index is 7.26. The Morgan fingerprint density at radius 1 is 0.267 bits per heavy atom. The van der Waals surface area contributed by atoms with Crippen LogP contribution in [0.1, 0.15) is 45.5 Å². The van der Waals surface area contributed by atoms with Crippen molar-refractivity contribution in [1.29, 1.82) is 0 Å². The molecule has 0 saturated carbocycles. The van der Waals surface area contributed by atoms with Gasteiger partial charge in [0, 0.05) is 61.8 Å². The van der Waals surface area contributed by atoms with Gasteiger partial charge in [0.1, 0.15) is 11.2 Å². The Labute approximate surface area is 497 Å². The maximum Gasteiger partial charge on any atom is 0.165 e. The SMILES string of the molecule is c1ccc(C2=C(c3ccc4c(c3)oc3cc(-n5c6ccc(-c7ccccc7)cc6c6cc(-c7ccccc7)ccc65)ccc34)C(c3nc(-c4ccccc4)nc(-c4ccccc4)n3)=C(c3ccccc3)C3c4ccccc4-c4ccccc4C23)cc1. The second kappa shape index (κ2) is 20.3. The Morgan fingerprint density at radius 2 is 0.651 bits per heavy atom. The van der Waals surface area contributed by atoms with Crippen LogP contribution in [0.4, 0.5) is 0 Å². The maximum absolute atomic E-state index is 7.26. The van der Waals surface area contributed by atoms with Crippen LogP contribution in [0.3, 0.4) is 0 Å². The van der Waals surface area contributed by atoms with E-state index in [2.05, 4.69) is 271 Å². The summed E-state index contributed by atoms with van der Waals surface area (Å²) in [7, 11) is 0. The summed E-state index contributed by atoms with van der Waals surface area (Å²) < 4.78 is 9.66. The van der Waals surface area contributed by atoms with Crippen LogP contribution < -0.4 is 0 Å². The van der Waals surface area contributed by atoms with Crippen molar-refractivity contribution in [3.05, 3.63) is 337 Å². The molecule has 12 aromatic carbocycles. The lowest BCUT2D eigenvalue weighted by molar-refractivity contribution is 0.668. The van der Waals surface area contributed by atoms with Gasteiger partial charge >= 0.3 is 0 Å². The fourth-order valence-corrected chi connectivity index (χ4v) is 13.9. The molecule has 0 saturated heterocycles. The summed E-state index contributed by atoms with van der Waals surface area (Å²) in [4.78, 5) is 16.6. The summed E-state index contributed by atoms with van der Waals surface area (Å²) in [5.74, 6) is 1.55. The Bertz CT molecular complexity index is 5050. The lowest BCUT2D eigenvalue weighted by atomic mass is 9.58. The van der Waals surface area contributed by atoms with Crippen LogP contribution in [0.5, 0.6) is 0 Å². The number of hydrogen-bond acceptors (Lipinski definition) is 4. The first-order chi connectivity index (χ1) is 42.7. The van der Waals surface area contributed by atoms with E-state index in [0.29, 0.717) is 17.5 Å². The zero-order valence-electron chi connectivity index (χ0n) is 46.7. The molecule has 402 valence electrons. The van der Waals surface area contributed by atoms with Crippen molar-refractivity contribution < 1.29 is 4.42 Å². The molecule has 0 amide bonds. The molecule has 0 aliphatic heterocycles. The normalized spacial score (nSPS) is 14.7. The number of nitrogens with zero attached hydrogens (tertiary/aromatic N) is 4. The first-order valence-corrected chi connectivity index (χ1v) is 29.5. The van der Waals surface area contributed by atoms with Crippen molar-refractivity contribution in [2.24, 2.45) is 0 Å². The molecule has 2 atom stereocenters. The molecule has 15 aromatic rings. The molecule has 17 rings (SSSR count). The molecule has 2 aliphatic rings. The summed E-state index contributed by atoms with van der Waals surface area (Å²) >= 11 is 0.